The molecule has 1 aliphatic carbocycles. The van der Waals surface area contributed by atoms with Crippen LogP contribution in [0.4, 0.5) is 0 Å². The van der Waals surface area contributed by atoms with Crippen molar-refractivity contribution in [3.05, 3.63) is 35.4 Å². The van der Waals surface area contributed by atoms with Crippen LogP contribution in [0.2, 0.25) is 0 Å². The molecule has 30 heavy (non-hydrogen) atoms. The molecule has 3 fully saturated rings. The molecule has 2 saturated heterocycles. The lowest BCUT2D eigenvalue weighted by molar-refractivity contribution is -0.140. The van der Waals surface area contributed by atoms with Crippen molar-refractivity contribution in [2.24, 2.45) is 11.8 Å². The summed E-state index contributed by atoms with van der Waals surface area (Å²) in [7, 11) is 0. The first kappa shape index (κ1) is 21.0. The van der Waals surface area contributed by atoms with E-state index in [2.05, 4.69) is 41.4 Å². The Labute approximate surface area is 179 Å². The molecule has 0 spiro atoms. The predicted molar refractivity (Wildman–Crippen MR) is 114 cm³/mol. The van der Waals surface area contributed by atoms with Crippen molar-refractivity contribution < 1.29 is 14.4 Å². The van der Waals surface area contributed by atoms with Crippen LogP contribution in [0.3, 0.4) is 0 Å². The minimum atomic E-state index is -0.133. The highest BCUT2D eigenvalue weighted by molar-refractivity contribution is 6.05. The van der Waals surface area contributed by atoms with Crippen LogP contribution < -0.4 is 5.32 Å². The molecule has 2 unspecified atom stereocenters. The Hall–Kier alpha value is -2.21. The standard InChI is InChI=1S/C24H33N3O3/c1-17-6-2-3-7-18(17)16-26-13-10-19(11-14-26)25-22(28)12-15-27-23(29)20-8-4-5-9-21(20)24(27)30/h2-3,6-7,19-21H,4-5,8-16H2,1H3,(H,25,28). The Bertz CT molecular complexity index is 777. The van der Waals surface area contributed by atoms with E-state index in [1.165, 1.54) is 16.0 Å². The van der Waals surface area contributed by atoms with Crippen molar-refractivity contribution in [3.8, 4) is 0 Å². The summed E-state index contributed by atoms with van der Waals surface area (Å²) in [5, 5.41) is 3.12. The van der Waals surface area contributed by atoms with Crippen LogP contribution in [0.25, 0.3) is 0 Å². The lowest BCUT2D eigenvalue weighted by Crippen LogP contribution is -2.45. The molecule has 4 rings (SSSR count). The van der Waals surface area contributed by atoms with Gasteiger partial charge in [-0.25, -0.2) is 0 Å². The van der Waals surface area contributed by atoms with E-state index in [0.717, 1.165) is 58.2 Å². The maximum absolute atomic E-state index is 12.5. The Kier molecular flexibility index (Phi) is 6.52. The number of hydrogen-bond donors (Lipinski definition) is 1. The Morgan fingerprint density at radius 2 is 1.63 bits per heavy atom. The van der Waals surface area contributed by atoms with Gasteiger partial charge in [0.25, 0.3) is 0 Å². The predicted octanol–water partition coefficient (Wildman–Crippen LogP) is 2.64. The summed E-state index contributed by atoms with van der Waals surface area (Å²) in [5.74, 6) is -0.425. The number of rotatable bonds is 6. The molecule has 162 valence electrons. The van der Waals surface area contributed by atoms with E-state index in [-0.39, 0.29) is 48.6 Å². The fraction of sp³-hybridized carbons (Fsp3) is 0.625. The van der Waals surface area contributed by atoms with Gasteiger partial charge in [0.05, 0.1) is 11.8 Å². The number of imide groups is 1. The SMILES string of the molecule is Cc1ccccc1CN1CCC(NC(=O)CCN2C(=O)C3CCCCC3C2=O)CC1. The first-order valence-electron chi connectivity index (χ1n) is 11.4. The number of benzene rings is 1. The number of nitrogens with one attached hydrogen (secondary N) is 1. The zero-order valence-electron chi connectivity index (χ0n) is 17.9. The smallest absolute Gasteiger partial charge is 0.233 e. The molecule has 1 aromatic carbocycles. The minimum Gasteiger partial charge on any atom is -0.353 e. The summed E-state index contributed by atoms with van der Waals surface area (Å²) >= 11 is 0. The van der Waals surface area contributed by atoms with Gasteiger partial charge >= 0.3 is 0 Å². The molecule has 6 nitrogen and oxygen atoms in total. The lowest BCUT2D eigenvalue weighted by atomic mass is 9.81. The van der Waals surface area contributed by atoms with E-state index in [1.54, 1.807) is 0 Å². The van der Waals surface area contributed by atoms with Gasteiger partial charge in [0.2, 0.25) is 17.7 Å². The van der Waals surface area contributed by atoms with Gasteiger partial charge < -0.3 is 5.32 Å². The molecule has 1 N–H and O–H groups in total. The van der Waals surface area contributed by atoms with E-state index < -0.39 is 0 Å². The van der Waals surface area contributed by atoms with Crippen LogP contribution in [0.1, 0.15) is 56.1 Å². The second-order valence-electron chi connectivity index (χ2n) is 9.12. The largest absolute Gasteiger partial charge is 0.353 e. The molecule has 2 heterocycles. The molecule has 6 heteroatoms. The highest BCUT2D eigenvalue weighted by Gasteiger charge is 2.47. The van der Waals surface area contributed by atoms with Crippen LogP contribution in [-0.2, 0) is 20.9 Å². The van der Waals surface area contributed by atoms with Gasteiger partial charge in [-0.15, -0.1) is 0 Å². The molecule has 1 aromatic rings. The van der Waals surface area contributed by atoms with Crippen molar-refractivity contribution in [2.75, 3.05) is 19.6 Å². The highest BCUT2D eigenvalue weighted by atomic mass is 16.2. The Morgan fingerprint density at radius 3 is 2.27 bits per heavy atom. The average molecular weight is 412 g/mol. The number of amides is 3. The number of hydrogen-bond acceptors (Lipinski definition) is 4. The summed E-state index contributed by atoms with van der Waals surface area (Å²) in [6.07, 6.45) is 5.76. The number of piperidine rings is 1. The number of carbonyl (C=O) groups is 3. The molecule has 0 aromatic heterocycles. The topological polar surface area (TPSA) is 69.7 Å². The zero-order valence-corrected chi connectivity index (χ0v) is 17.9. The van der Waals surface area contributed by atoms with Crippen LogP contribution in [0.5, 0.6) is 0 Å². The van der Waals surface area contributed by atoms with Gasteiger partial charge in [0.1, 0.15) is 0 Å². The zero-order chi connectivity index (χ0) is 21.1. The number of aryl methyl sites for hydroxylation is 1. The monoisotopic (exact) mass is 411 g/mol. The fourth-order valence-corrected chi connectivity index (χ4v) is 5.23. The summed E-state index contributed by atoms with van der Waals surface area (Å²) in [6, 6.07) is 8.66. The molecule has 0 bridgehead atoms. The summed E-state index contributed by atoms with van der Waals surface area (Å²) < 4.78 is 0. The van der Waals surface area contributed by atoms with Crippen LogP contribution in [-0.4, -0.2) is 53.2 Å². The molecule has 2 aliphatic heterocycles. The summed E-state index contributed by atoms with van der Waals surface area (Å²) in [4.78, 5) is 41.3. The van der Waals surface area contributed by atoms with Crippen molar-refractivity contribution in [3.63, 3.8) is 0 Å². The number of carbonyl (C=O) groups excluding carboxylic acids is 3. The molecular formula is C24H33N3O3. The quantitative estimate of drug-likeness (QED) is 0.731. The number of likely N-dealkylation sites (tertiary alicyclic amines) is 2. The van der Waals surface area contributed by atoms with Crippen molar-refractivity contribution >= 4 is 17.7 Å². The Balaban J connectivity index is 1.20. The van der Waals surface area contributed by atoms with E-state index in [9.17, 15) is 14.4 Å². The normalized spacial score (nSPS) is 25.4. The maximum atomic E-state index is 12.5. The van der Waals surface area contributed by atoms with Gasteiger partial charge in [0.15, 0.2) is 0 Å². The number of fused-ring (bicyclic) bond motifs is 1. The van der Waals surface area contributed by atoms with E-state index in [1.807, 2.05) is 0 Å². The fourth-order valence-electron chi connectivity index (χ4n) is 5.23. The van der Waals surface area contributed by atoms with Gasteiger partial charge in [-0.3, -0.25) is 24.2 Å². The minimum absolute atomic E-state index is 0.0529. The van der Waals surface area contributed by atoms with Crippen LogP contribution in [0.15, 0.2) is 24.3 Å². The van der Waals surface area contributed by atoms with Crippen molar-refractivity contribution in [1.82, 2.24) is 15.1 Å². The first-order valence-corrected chi connectivity index (χ1v) is 11.4. The third kappa shape index (κ3) is 4.59. The summed E-state index contributed by atoms with van der Waals surface area (Å²) in [5.41, 5.74) is 2.68. The second kappa shape index (κ2) is 9.29. The van der Waals surface area contributed by atoms with Gasteiger partial charge in [0, 0.05) is 38.6 Å². The third-order valence-corrected chi connectivity index (χ3v) is 7.10. The highest BCUT2D eigenvalue weighted by Crippen LogP contribution is 2.37. The van der Waals surface area contributed by atoms with Gasteiger partial charge in [-0.05, 0) is 43.7 Å². The Morgan fingerprint density at radius 1 is 1.00 bits per heavy atom. The molecule has 2 atom stereocenters. The molecule has 3 aliphatic rings. The van der Waals surface area contributed by atoms with E-state index in [4.69, 9.17) is 0 Å². The first-order chi connectivity index (χ1) is 14.5. The van der Waals surface area contributed by atoms with Crippen LogP contribution >= 0.6 is 0 Å². The van der Waals surface area contributed by atoms with E-state index >= 15 is 0 Å². The van der Waals surface area contributed by atoms with Crippen LogP contribution in [0, 0.1) is 18.8 Å². The van der Waals surface area contributed by atoms with Crippen molar-refractivity contribution in [2.45, 2.75) is 64.5 Å². The summed E-state index contributed by atoms with van der Waals surface area (Å²) in [6.45, 7) is 5.25. The lowest BCUT2D eigenvalue weighted by Gasteiger charge is -2.32. The molecule has 3 amide bonds. The van der Waals surface area contributed by atoms with Gasteiger partial charge in [-0.1, -0.05) is 37.1 Å². The van der Waals surface area contributed by atoms with Gasteiger partial charge in [-0.2, -0.15) is 0 Å². The molecule has 0 radical (unpaired) electrons. The van der Waals surface area contributed by atoms with E-state index in [0.29, 0.717) is 0 Å². The molecular weight excluding hydrogens is 378 g/mol. The average Bonchev–Trinajstić information content (AvgIpc) is 3.00. The second-order valence-corrected chi connectivity index (χ2v) is 9.12. The molecule has 1 saturated carbocycles. The number of nitrogens with zero attached hydrogens (tertiary/aromatic N) is 2. The maximum Gasteiger partial charge on any atom is 0.233 e. The van der Waals surface area contributed by atoms with Crippen molar-refractivity contribution in [1.29, 1.82) is 0 Å². The third-order valence-electron chi connectivity index (χ3n) is 7.10.